The molecule has 0 aromatic carbocycles. The van der Waals surface area contributed by atoms with Crippen LogP contribution in [0.3, 0.4) is 0 Å². The molecule has 1 N–H and O–H groups in total. The van der Waals surface area contributed by atoms with Gasteiger partial charge >= 0.3 is 0 Å². The van der Waals surface area contributed by atoms with Crippen molar-refractivity contribution in [1.82, 2.24) is 10.3 Å². The summed E-state index contributed by atoms with van der Waals surface area (Å²) >= 11 is 1.83. The van der Waals surface area contributed by atoms with Crippen molar-refractivity contribution >= 4 is 11.3 Å². The summed E-state index contributed by atoms with van der Waals surface area (Å²) in [5.74, 6) is 0. The number of thiazole rings is 1. The summed E-state index contributed by atoms with van der Waals surface area (Å²) in [4.78, 5) is 5.92. The maximum absolute atomic E-state index is 4.54. The third-order valence-electron chi connectivity index (χ3n) is 1.85. The molecule has 0 amide bonds. The Morgan fingerprint density at radius 1 is 1.50 bits per heavy atom. The average Bonchev–Trinajstić information content (AvgIpc) is 2.43. The van der Waals surface area contributed by atoms with Crippen LogP contribution in [0, 0.1) is 6.92 Å². The van der Waals surface area contributed by atoms with E-state index in [0.717, 1.165) is 19.4 Å². The first-order valence-electron chi connectivity index (χ1n) is 4.37. The summed E-state index contributed by atoms with van der Waals surface area (Å²) in [5, 5.41) is 4.40. The van der Waals surface area contributed by atoms with Gasteiger partial charge in [0, 0.05) is 17.8 Å². The van der Waals surface area contributed by atoms with Gasteiger partial charge in [-0.15, -0.1) is 11.3 Å². The molecule has 0 spiro atoms. The van der Waals surface area contributed by atoms with Crippen molar-refractivity contribution < 1.29 is 0 Å². The minimum Gasteiger partial charge on any atom is -0.319 e. The molecule has 2 nitrogen and oxygen atoms in total. The van der Waals surface area contributed by atoms with E-state index in [4.69, 9.17) is 0 Å². The minimum absolute atomic E-state index is 1.02. The molecule has 0 bridgehead atoms. The quantitative estimate of drug-likeness (QED) is 0.771. The lowest BCUT2D eigenvalue weighted by molar-refractivity contribution is 0.774. The first-order chi connectivity index (χ1) is 5.77. The Kier molecular flexibility index (Phi) is 3.69. The molecule has 0 fully saturated rings. The summed E-state index contributed by atoms with van der Waals surface area (Å²) < 4.78 is 0. The van der Waals surface area contributed by atoms with Gasteiger partial charge in [0.2, 0.25) is 0 Å². The van der Waals surface area contributed by atoms with Crippen molar-refractivity contribution in [1.29, 1.82) is 0 Å². The van der Waals surface area contributed by atoms with Gasteiger partial charge in [0.25, 0.3) is 0 Å². The van der Waals surface area contributed by atoms with E-state index >= 15 is 0 Å². The standard InChI is InChI=1S/C9H16N2S/c1-4-9-11-8(5-6-10-3)7(2)12-9/h10H,4-6H2,1-3H3. The predicted octanol–water partition coefficient (Wildman–Crippen LogP) is 1.78. The van der Waals surface area contributed by atoms with Crippen LogP contribution in [-0.4, -0.2) is 18.6 Å². The van der Waals surface area contributed by atoms with E-state index in [1.54, 1.807) is 0 Å². The van der Waals surface area contributed by atoms with E-state index in [1.807, 2.05) is 18.4 Å². The number of nitrogens with zero attached hydrogens (tertiary/aromatic N) is 1. The zero-order valence-corrected chi connectivity index (χ0v) is 8.79. The number of hydrogen-bond acceptors (Lipinski definition) is 3. The normalized spacial score (nSPS) is 10.6. The fraction of sp³-hybridized carbons (Fsp3) is 0.667. The minimum atomic E-state index is 1.02. The summed E-state index contributed by atoms with van der Waals surface area (Å²) in [5.41, 5.74) is 1.27. The van der Waals surface area contributed by atoms with Crippen molar-refractivity contribution in [3.63, 3.8) is 0 Å². The van der Waals surface area contributed by atoms with Crippen LogP contribution in [0.25, 0.3) is 0 Å². The molecule has 12 heavy (non-hydrogen) atoms. The van der Waals surface area contributed by atoms with Gasteiger partial charge < -0.3 is 5.32 Å². The second kappa shape index (κ2) is 4.58. The topological polar surface area (TPSA) is 24.9 Å². The van der Waals surface area contributed by atoms with Gasteiger partial charge in [-0.25, -0.2) is 4.98 Å². The predicted molar refractivity (Wildman–Crippen MR) is 53.9 cm³/mol. The lowest BCUT2D eigenvalue weighted by atomic mass is 10.3. The Balaban J connectivity index is 2.64. The van der Waals surface area contributed by atoms with Gasteiger partial charge in [0.1, 0.15) is 0 Å². The van der Waals surface area contributed by atoms with E-state index in [-0.39, 0.29) is 0 Å². The fourth-order valence-electron chi connectivity index (χ4n) is 1.11. The van der Waals surface area contributed by atoms with Crippen LogP contribution in [-0.2, 0) is 12.8 Å². The highest BCUT2D eigenvalue weighted by Gasteiger charge is 2.04. The molecule has 0 saturated heterocycles. The van der Waals surface area contributed by atoms with Crippen molar-refractivity contribution in [2.75, 3.05) is 13.6 Å². The smallest absolute Gasteiger partial charge is 0.0928 e. The van der Waals surface area contributed by atoms with Crippen LogP contribution in [0.15, 0.2) is 0 Å². The van der Waals surface area contributed by atoms with Crippen LogP contribution in [0.5, 0.6) is 0 Å². The zero-order chi connectivity index (χ0) is 8.97. The largest absolute Gasteiger partial charge is 0.319 e. The molecule has 1 heterocycles. The maximum atomic E-state index is 4.54. The van der Waals surface area contributed by atoms with E-state index in [1.165, 1.54) is 15.6 Å². The van der Waals surface area contributed by atoms with Gasteiger partial charge in [-0.3, -0.25) is 0 Å². The first kappa shape index (κ1) is 9.68. The number of hydrogen-bond donors (Lipinski definition) is 1. The molecule has 1 rings (SSSR count). The van der Waals surface area contributed by atoms with Gasteiger partial charge in [0.05, 0.1) is 10.7 Å². The van der Waals surface area contributed by atoms with Crippen LogP contribution < -0.4 is 5.32 Å². The van der Waals surface area contributed by atoms with Gasteiger partial charge in [0.15, 0.2) is 0 Å². The summed E-state index contributed by atoms with van der Waals surface area (Å²) in [6, 6.07) is 0. The van der Waals surface area contributed by atoms with Crippen molar-refractivity contribution in [3.8, 4) is 0 Å². The van der Waals surface area contributed by atoms with Crippen LogP contribution >= 0.6 is 11.3 Å². The van der Waals surface area contributed by atoms with Crippen molar-refractivity contribution in [3.05, 3.63) is 15.6 Å². The third kappa shape index (κ3) is 2.29. The molecule has 1 aromatic heterocycles. The molecular formula is C9H16N2S. The Bertz CT molecular complexity index is 243. The monoisotopic (exact) mass is 184 g/mol. The Morgan fingerprint density at radius 2 is 2.25 bits per heavy atom. The highest BCUT2D eigenvalue weighted by atomic mass is 32.1. The average molecular weight is 184 g/mol. The lowest BCUT2D eigenvalue weighted by Crippen LogP contribution is -2.11. The van der Waals surface area contributed by atoms with E-state index in [0.29, 0.717) is 0 Å². The molecule has 0 aliphatic carbocycles. The molecule has 68 valence electrons. The first-order valence-corrected chi connectivity index (χ1v) is 5.19. The lowest BCUT2D eigenvalue weighted by Gasteiger charge is -1.95. The molecule has 0 atom stereocenters. The fourth-order valence-corrected chi connectivity index (χ4v) is 2.03. The van der Waals surface area contributed by atoms with Crippen LogP contribution in [0.4, 0.5) is 0 Å². The number of likely N-dealkylation sites (N-methyl/N-ethyl adjacent to an activating group) is 1. The van der Waals surface area contributed by atoms with Gasteiger partial charge in [-0.2, -0.15) is 0 Å². The van der Waals surface area contributed by atoms with Gasteiger partial charge in [-0.1, -0.05) is 6.92 Å². The molecule has 0 unspecified atom stereocenters. The summed E-state index contributed by atoms with van der Waals surface area (Å²) in [6.45, 7) is 5.33. The number of aryl methyl sites for hydroxylation is 2. The van der Waals surface area contributed by atoms with Crippen LogP contribution in [0.2, 0.25) is 0 Å². The summed E-state index contributed by atoms with van der Waals surface area (Å²) in [7, 11) is 1.97. The van der Waals surface area contributed by atoms with Crippen molar-refractivity contribution in [2.24, 2.45) is 0 Å². The zero-order valence-electron chi connectivity index (χ0n) is 7.98. The SMILES string of the molecule is CCc1nc(CCNC)c(C)s1. The Morgan fingerprint density at radius 3 is 2.75 bits per heavy atom. The molecule has 1 aromatic rings. The molecule has 3 heteroatoms. The summed E-state index contributed by atoms with van der Waals surface area (Å²) in [6.07, 6.45) is 2.11. The van der Waals surface area contributed by atoms with Crippen LogP contribution in [0.1, 0.15) is 22.5 Å². The number of rotatable bonds is 4. The second-order valence-electron chi connectivity index (χ2n) is 2.82. The van der Waals surface area contributed by atoms with E-state index in [9.17, 15) is 0 Å². The van der Waals surface area contributed by atoms with Crippen molar-refractivity contribution in [2.45, 2.75) is 26.7 Å². The highest BCUT2D eigenvalue weighted by molar-refractivity contribution is 7.11. The molecule has 0 aliphatic heterocycles. The third-order valence-corrected chi connectivity index (χ3v) is 3.01. The molecular weight excluding hydrogens is 168 g/mol. The molecule has 0 radical (unpaired) electrons. The number of nitrogens with one attached hydrogen (secondary N) is 1. The highest BCUT2D eigenvalue weighted by Crippen LogP contribution is 2.17. The van der Waals surface area contributed by atoms with Gasteiger partial charge in [-0.05, 0) is 20.4 Å². The Hall–Kier alpha value is -0.410. The van der Waals surface area contributed by atoms with E-state index < -0.39 is 0 Å². The molecule has 0 saturated carbocycles. The maximum Gasteiger partial charge on any atom is 0.0928 e. The Labute approximate surface area is 78.0 Å². The number of aromatic nitrogens is 1. The van der Waals surface area contributed by atoms with E-state index in [2.05, 4.69) is 24.1 Å². The molecule has 0 aliphatic rings. The second-order valence-corrected chi connectivity index (χ2v) is 4.11.